The van der Waals surface area contributed by atoms with E-state index < -0.39 is 5.97 Å². The molecule has 0 atom stereocenters. The van der Waals surface area contributed by atoms with Crippen molar-refractivity contribution in [2.24, 2.45) is 0 Å². The van der Waals surface area contributed by atoms with Crippen molar-refractivity contribution >= 4 is 40.6 Å². The van der Waals surface area contributed by atoms with E-state index in [0.717, 1.165) is 0 Å². The van der Waals surface area contributed by atoms with Crippen LogP contribution in [0.25, 0.3) is 0 Å². The second-order valence-corrected chi connectivity index (χ2v) is 0.795. The second kappa shape index (κ2) is 10.1. The van der Waals surface area contributed by atoms with Gasteiger partial charge >= 0.3 is 29.0 Å². The average Bonchev–Trinajstić information content (AvgIpc) is 1.38. The van der Waals surface area contributed by atoms with Gasteiger partial charge in [-0.15, -0.1) is 11.6 Å². The van der Waals surface area contributed by atoms with Crippen LogP contribution in [0.1, 0.15) is 0 Å². The van der Waals surface area contributed by atoms with Crippen LogP contribution in [0.15, 0.2) is 0 Å². The van der Waals surface area contributed by atoms with Crippen LogP contribution in [0, 0.1) is 0 Å². The first kappa shape index (κ1) is 15.7. The summed E-state index contributed by atoms with van der Waals surface area (Å²) in [5.74, 6) is -1.29. The molecule has 0 aliphatic rings. The fourth-order valence-electron chi connectivity index (χ4n) is 0. The number of carbonyl (C=O) groups is 1. The van der Waals surface area contributed by atoms with Gasteiger partial charge in [0.15, 0.2) is 0 Å². The quantitative estimate of drug-likeness (QED) is 0.359. The maximum absolute atomic E-state index is 9.24. The summed E-state index contributed by atoms with van der Waals surface area (Å²) in [5, 5.41) is 7.59. The van der Waals surface area contributed by atoms with Gasteiger partial charge in [0, 0.05) is 0 Å². The third-order valence-corrected chi connectivity index (χ3v) is 0.343. The van der Waals surface area contributed by atoms with Gasteiger partial charge in [-0.2, -0.15) is 0 Å². The first-order valence-corrected chi connectivity index (χ1v) is 1.58. The molecular weight excluding hydrogens is 196 g/mol. The van der Waals surface area contributed by atoms with E-state index in [1.54, 1.807) is 0 Å². The molecule has 2 nitrogen and oxygen atoms in total. The first-order chi connectivity index (χ1) is 2.27. The molecule has 0 rings (SSSR count). The molecule has 0 fully saturated rings. The maximum Gasteiger partial charge on any atom is 2.00 e. The summed E-state index contributed by atoms with van der Waals surface area (Å²) in [6, 6.07) is 0. The minimum Gasteiger partial charge on any atom is -1.00 e. The smallest absolute Gasteiger partial charge is 1.00 e. The van der Waals surface area contributed by atoms with Crippen molar-refractivity contribution in [3.8, 4) is 0 Å². The van der Waals surface area contributed by atoms with Crippen LogP contribution in [0.4, 0.5) is 0 Å². The Hall–Kier alpha value is 1.01. The third-order valence-electron chi connectivity index (χ3n) is 0.114. The zero-order valence-corrected chi connectivity index (χ0v) is 7.28. The molecule has 1 N–H and O–H groups in total. The number of aliphatic carboxylic acids is 1. The number of halogens is 2. The molecule has 0 saturated heterocycles. The minimum absolute atomic E-state index is 0. The Morgan fingerprint density at radius 3 is 1.86 bits per heavy atom. The molecule has 0 aliphatic heterocycles. The summed E-state index contributed by atoms with van der Waals surface area (Å²) in [4.78, 5) is 9.24. The van der Waals surface area contributed by atoms with Crippen LogP contribution in [0.2, 0.25) is 0 Å². The van der Waals surface area contributed by atoms with Crippen LogP contribution in [-0.4, -0.2) is 40.0 Å². The molecule has 0 aromatic heterocycles. The summed E-state index contributed by atoms with van der Waals surface area (Å²) in [5.41, 5.74) is 0. The van der Waals surface area contributed by atoms with Crippen LogP contribution in [-0.2, 0) is 4.79 Å². The van der Waals surface area contributed by atoms with Crippen molar-refractivity contribution < 1.29 is 26.9 Å². The SMILES string of the molecule is O=C(O)CCl.[Br-].[Mg+2]. The number of hydrogen-bond acceptors (Lipinski definition) is 1. The fourth-order valence-corrected chi connectivity index (χ4v) is 0. The van der Waals surface area contributed by atoms with E-state index in [9.17, 15) is 4.79 Å². The molecule has 0 bridgehead atoms. The van der Waals surface area contributed by atoms with E-state index in [2.05, 4.69) is 0 Å². The van der Waals surface area contributed by atoms with Crippen molar-refractivity contribution in [2.45, 2.75) is 0 Å². The van der Waals surface area contributed by atoms with Crippen molar-refractivity contribution in [1.29, 1.82) is 0 Å². The molecule has 0 saturated carbocycles. The Kier molecular flexibility index (Phi) is 22.6. The summed E-state index contributed by atoms with van der Waals surface area (Å²) in [6.45, 7) is 0. The van der Waals surface area contributed by atoms with Crippen LogP contribution < -0.4 is 17.0 Å². The Labute approximate surface area is 73.1 Å². The second-order valence-electron chi connectivity index (χ2n) is 0.527. The van der Waals surface area contributed by atoms with Gasteiger partial charge in [0.1, 0.15) is 5.88 Å². The molecule has 0 aromatic carbocycles. The summed E-state index contributed by atoms with van der Waals surface area (Å²) in [6.07, 6.45) is 0. The van der Waals surface area contributed by atoms with Crippen molar-refractivity contribution in [3.63, 3.8) is 0 Å². The van der Waals surface area contributed by atoms with Crippen molar-refractivity contribution in [3.05, 3.63) is 0 Å². The molecule has 0 spiro atoms. The number of alkyl halides is 1. The standard InChI is InChI=1S/C2H3ClO2.BrH.Mg/c3-1-2(4)5;;/h1H2,(H,4,5);1H;/q;;+2/p-1. The first-order valence-electron chi connectivity index (χ1n) is 1.05. The number of hydrogen-bond donors (Lipinski definition) is 1. The molecule has 7 heavy (non-hydrogen) atoms. The van der Waals surface area contributed by atoms with Crippen LogP contribution in [0.3, 0.4) is 0 Å². The van der Waals surface area contributed by atoms with Gasteiger partial charge in [0.2, 0.25) is 0 Å². The Morgan fingerprint density at radius 2 is 1.86 bits per heavy atom. The van der Waals surface area contributed by atoms with Gasteiger partial charge in [-0.3, -0.25) is 4.79 Å². The van der Waals surface area contributed by atoms with Gasteiger partial charge < -0.3 is 22.1 Å². The molecule has 0 aliphatic carbocycles. The van der Waals surface area contributed by atoms with E-state index in [4.69, 9.17) is 16.7 Å². The van der Waals surface area contributed by atoms with Gasteiger partial charge in [-0.1, -0.05) is 0 Å². The maximum atomic E-state index is 9.24. The number of rotatable bonds is 1. The van der Waals surface area contributed by atoms with E-state index in [-0.39, 0.29) is 45.9 Å². The Morgan fingerprint density at radius 1 is 1.71 bits per heavy atom. The molecule has 5 heteroatoms. The largest absolute Gasteiger partial charge is 2.00 e. The molecule has 38 valence electrons. The molecule has 0 radical (unpaired) electrons. The van der Waals surface area contributed by atoms with E-state index in [1.165, 1.54) is 0 Å². The summed E-state index contributed by atoms with van der Waals surface area (Å²) >= 11 is 4.74. The van der Waals surface area contributed by atoms with E-state index in [0.29, 0.717) is 0 Å². The zero-order valence-electron chi connectivity index (χ0n) is 3.53. The molecule has 0 unspecified atom stereocenters. The fraction of sp³-hybridized carbons (Fsp3) is 0.500. The van der Waals surface area contributed by atoms with E-state index in [1.807, 2.05) is 0 Å². The van der Waals surface area contributed by atoms with Gasteiger partial charge in [-0.05, 0) is 0 Å². The summed E-state index contributed by atoms with van der Waals surface area (Å²) in [7, 11) is 0. The minimum atomic E-state index is -0.980. The number of carboxylic acid groups (broad SMARTS) is 1. The molecular formula is C2H3BrClMgO2+. The summed E-state index contributed by atoms with van der Waals surface area (Å²) < 4.78 is 0. The number of carboxylic acids is 1. The average molecular weight is 199 g/mol. The normalized spacial score (nSPS) is 5.29. The Balaban J connectivity index is -0.0000000800. The van der Waals surface area contributed by atoms with Crippen LogP contribution >= 0.6 is 11.6 Å². The zero-order chi connectivity index (χ0) is 4.28. The van der Waals surface area contributed by atoms with E-state index >= 15 is 0 Å². The molecule has 0 amide bonds. The van der Waals surface area contributed by atoms with Gasteiger partial charge in [0.25, 0.3) is 0 Å². The van der Waals surface area contributed by atoms with Gasteiger partial charge in [0.05, 0.1) is 0 Å². The van der Waals surface area contributed by atoms with Crippen LogP contribution in [0.5, 0.6) is 0 Å². The predicted molar refractivity (Wildman–Crippen MR) is 24.1 cm³/mol. The van der Waals surface area contributed by atoms with Crippen molar-refractivity contribution in [1.82, 2.24) is 0 Å². The molecule has 0 aromatic rings. The topological polar surface area (TPSA) is 37.3 Å². The molecule has 0 heterocycles. The Bertz CT molecular complexity index is 51.0. The predicted octanol–water partition coefficient (Wildman–Crippen LogP) is -3.07. The van der Waals surface area contributed by atoms with Gasteiger partial charge in [-0.25, -0.2) is 0 Å². The van der Waals surface area contributed by atoms with Crippen molar-refractivity contribution in [2.75, 3.05) is 5.88 Å². The third kappa shape index (κ3) is 19.4. The monoisotopic (exact) mass is 197 g/mol.